The summed E-state index contributed by atoms with van der Waals surface area (Å²) in [7, 11) is 0. The summed E-state index contributed by atoms with van der Waals surface area (Å²) >= 11 is 5.68. The Bertz CT molecular complexity index is 459. The third kappa shape index (κ3) is 3.12. The van der Waals surface area contributed by atoms with Crippen molar-refractivity contribution in [1.29, 1.82) is 0 Å². The van der Waals surface area contributed by atoms with Crippen molar-refractivity contribution in [2.24, 2.45) is 5.92 Å². The average Bonchev–Trinajstić information content (AvgIpc) is 2.39. The Kier molecular flexibility index (Phi) is 4.21. The van der Waals surface area contributed by atoms with Crippen LogP contribution in [0, 0.1) is 11.7 Å². The normalized spacial score (nSPS) is 27.3. The Morgan fingerprint density at radius 3 is 2.68 bits per heavy atom. The molecule has 0 radical (unpaired) electrons. The molecule has 0 saturated heterocycles. The number of hydrogen-bond acceptors (Lipinski definition) is 3. The first kappa shape index (κ1) is 14.4. The molecule has 19 heavy (non-hydrogen) atoms. The summed E-state index contributed by atoms with van der Waals surface area (Å²) in [4.78, 5) is 0. The molecule has 1 aliphatic rings. The molecule has 1 aromatic rings. The minimum Gasteiger partial charge on any atom is -0.397 e. The number of nitrogens with two attached hydrogens (primary N) is 1. The van der Waals surface area contributed by atoms with Crippen LogP contribution < -0.4 is 11.1 Å². The first-order valence-electron chi connectivity index (χ1n) is 6.59. The molecule has 0 atom stereocenters. The van der Waals surface area contributed by atoms with E-state index in [-0.39, 0.29) is 11.6 Å². The van der Waals surface area contributed by atoms with Gasteiger partial charge in [0.25, 0.3) is 0 Å². The third-order valence-corrected chi connectivity index (χ3v) is 4.32. The molecule has 1 aromatic carbocycles. The fourth-order valence-corrected chi connectivity index (χ4v) is 2.77. The van der Waals surface area contributed by atoms with Gasteiger partial charge in [0.15, 0.2) is 0 Å². The molecule has 1 aliphatic carbocycles. The maximum Gasteiger partial charge on any atom is 0.143 e. The van der Waals surface area contributed by atoms with Crippen LogP contribution in [-0.2, 0) is 0 Å². The predicted octanol–water partition coefficient (Wildman–Crippen LogP) is 3.41. The Morgan fingerprint density at radius 1 is 1.47 bits per heavy atom. The van der Waals surface area contributed by atoms with Gasteiger partial charge in [-0.1, -0.05) is 18.5 Å². The highest BCUT2D eigenvalue weighted by Gasteiger charge is 2.34. The number of aliphatic hydroxyl groups excluding tert-OH is 1. The van der Waals surface area contributed by atoms with Gasteiger partial charge >= 0.3 is 0 Å². The molecule has 0 bridgehead atoms. The molecule has 0 aliphatic heterocycles. The summed E-state index contributed by atoms with van der Waals surface area (Å²) in [6.45, 7) is 2.22. The van der Waals surface area contributed by atoms with Gasteiger partial charge in [-0.05, 0) is 37.7 Å². The van der Waals surface area contributed by atoms with Crippen LogP contribution in [0.2, 0.25) is 5.02 Å². The summed E-state index contributed by atoms with van der Waals surface area (Å²) < 4.78 is 13.5. The van der Waals surface area contributed by atoms with Crippen LogP contribution in [0.15, 0.2) is 12.1 Å². The lowest BCUT2D eigenvalue weighted by atomic mass is 9.77. The monoisotopic (exact) mass is 286 g/mol. The molecule has 0 spiro atoms. The van der Waals surface area contributed by atoms with E-state index in [4.69, 9.17) is 17.3 Å². The number of nitrogens with one attached hydrogen (secondary N) is 1. The van der Waals surface area contributed by atoms with Crippen molar-refractivity contribution in [3.05, 3.63) is 23.0 Å². The van der Waals surface area contributed by atoms with E-state index in [1.165, 1.54) is 12.1 Å². The van der Waals surface area contributed by atoms with Gasteiger partial charge in [-0.2, -0.15) is 0 Å². The summed E-state index contributed by atoms with van der Waals surface area (Å²) in [5.74, 6) is 0.163. The number of aliphatic hydroxyl groups is 1. The minimum absolute atomic E-state index is 0.0124. The molecule has 0 aromatic heterocycles. The van der Waals surface area contributed by atoms with Gasteiger partial charge in [0.05, 0.1) is 28.5 Å². The maximum atomic E-state index is 13.5. The molecule has 2 rings (SSSR count). The van der Waals surface area contributed by atoms with E-state index >= 15 is 0 Å². The second kappa shape index (κ2) is 5.55. The van der Waals surface area contributed by atoms with Crippen molar-refractivity contribution >= 4 is 23.0 Å². The molecule has 0 amide bonds. The van der Waals surface area contributed by atoms with Crippen LogP contribution in [0.5, 0.6) is 0 Å². The predicted molar refractivity (Wildman–Crippen MR) is 76.9 cm³/mol. The molecule has 3 nitrogen and oxygen atoms in total. The van der Waals surface area contributed by atoms with Crippen molar-refractivity contribution < 1.29 is 9.50 Å². The summed E-state index contributed by atoms with van der Waals surface area (Å²) in [6.07, 6.45) is 3.80. The summed E-state index contributed by atoms with van der Waals surface area (Å²) in [5, 5.41) is 12.9. The van der Waals surface area contributed by atoms with Crippen molar-refractivity contribution in [3.63, 3.8) is 0 Å². The number of rotatable bonds is 3. The lowest BCUT2D eigenvalue weighted by Crippen LogP contribution is -2.45. The van der Waals surface area contributed by atoms with E-state index in [0.717, 1.165) is 25.7 Å². The number of nitrogen functional groups attached to an aromatic ring is 1. The van der Waals surface area contributed by atoms with E-state index in [9.17, 15) is 9.50 Å². The zero-order valence-corrected chi connectivity index (χ0v) is 11.8. The number of halogens is 2. The largest absolute Gasteiger partial charge is 0.397 e. The Hall–Kier alpha value is -1.00. The molecule has 0 heterocycles. The third-order valence-electron chi connectivity index (χ3n) is 4.03. The molecule has 0 unspecified atom stereocenters. The first-order chi connectivity index (χ1) is 8.96. The standard InChI is InChI=1S/C14H20ClFN2O/c1-9-2-4-14(8-19,5-3-9)18-13-7-11(16)10(15)6-12(13)17/h6-7,9,18-19H,2-5,8,17H2,1H3. The fourth-order valence-electron chi connectivity index (χ4n) is 2.59. The van der Waals surface area contributed by atoms with Crippen LogP contribution in [-0.4, -0.2) is 17.3 Å². The highest BCUT2D eigenvalue weighted by molar-refractivity contribution is 6.31. The van der Waals surface area contributed by atoms with Gasteiger partial charge < -0.3 is 16.2 Å². The Balaban J connectivity index is 2.21. The number of benzene rings is 1. The highest BCUT2D eigenvalue weighted by Crippen LogP contribution is 2.36. The molecule has 106 valence electrons. The van der Waals surface area contributed by atoms with Gasteiger partial charge in [-0.3, -0.25) is 0 Å². The maximum absolute atomic E-state index is 13.5. The topological polar surface area (TPSA) is 58.3 Å². The summed E-state index contributed by atoms with van der Waals surface area (Å²) in [5.41, 5.74) is 6.36. The molecule has 5 heteroatoms. The Labute approximate surface area is 117 Å². The van der Waals surface area contributed by atoms with Gasteiger partial charge in [-0.15, -0.1) is 0 Å². The van der Waals surface area contributed by atoms with E-state index in [2.05, 4.69) is 12.2 Å². The van der Waals surface area contributed by atoms with E-state index in [1.54, 1.807) is 0 Å². The first-order valence-corrected chi connectivity index (χ1v) is 6.97. The van der Waals surface area contributed by atoms with Crippen molar-refractivity contribution in [3.8, 4) is 0 Å². The zero-order chi connectivity index (χ0) is 14.0. The highest BCUT2D eigenvalue weighted by atomic mass is 35.5. The van der Waals surface area contributed by atoms with Crippen molar-refractivity contribution in [1.82, 2.24) is 0 Å². The van der Waals surface area contributed by atoms with Crippen molar-refractivity contribution in [2.45, 2.75) is 38.1 Å². The summed E-state index contributed by atoms with van der Waals surface area (Å²) in [6, 6.07) is 2.70. The van der Waals surface area contributed by atoms with Crippen molar-refractivity contribution in [2.75, 3.05) is 17.7 Å². The molecule has 1 fully saturated rings. The van der Waals surface area contributed by atoms with Crippen LogP contribution in [0.3, 0.4) is 0 Å². The van der Waals surface area contributed by atoms with Crippen LogP contribution in [0.1, 0.15) is 32.6 Å². The van der Waals surface area contributed by atoms with E-state index < -0.39 is 11.4 Å². The smallest absolute Gasteiger partial charge is 0.143 e. The molecule has 1 saturated carbocycles. The zero-order valence-electron chi connectivity index (χ0n) is 11.0. The van der Waals surface area contributed by atoms with Crippen LogP contribution in [0.4, 0.5) is 15.8 Å². The van der Waals surface area contributed by atoms with Crippen LogP contribution >= 0.6 is 11.6 Å². The average molecular weight is 287 g/mol. The number of hydrogen-bond donors (Lipinski definition) is 3. The van der Waals surface area contributed by atoms with E-state index in [1.807, 2.05) is 0 Å². The molecular weight excluding hydrogens is 267 g/mol. The second-order valence-corrected chi connectivity index (χ2v) is 6.01. The molecular formula is C14H20ClFN2O. The van der Waals surface area contributed by atoms with Gasteiger partial charge in [0.2, 0.25) is 0 Å². The van der Waals surface area contributed by atoms with E-state index in [0.29, 0.717) is 17.3 Å². The fraction of sp³-hybridized carbons (Fsp3) is 0.571. The quantitative estimate of drug-likeness (QED) is 0.746. The SMILES string of the molecule is CC1CCC(CO)(Nc2cc(F)c(Cl)cc2N)CC1. The number of anilines is 2. The Morgan fingerprint density at radius 2 is 2.11 bits per heavy atom. The van der Waals surface area contributed by atoms with Gasteiger partial charge in [0, 0.05) is 6.07 Å². The minimum atomic E-state index is -0.504. The van der Waals surface area contributed by atoms with Gasteiger partial charge in [0.1, 0.15) is 5.82 Å². The van der Waals surface area contributed by atoms with Crippen LogP contribution in [0.25, 0.3) is 0 Å². The lowest BCUT2D eigenvalue weighted by Gasteiger charge is -2.39. The van der Waals surface area contributed by atoms with Gasteiger partial charge in [-0.25, -0.2) is 4.39 Å². The molecule has 4 N–H and O–H groups in total. The lowest BCUT2D eigenvalue weighted by molar-refractivity contribution is 0.155. The second-order valence-electron chi connectivity index (χ2n) is 5.60.